The van der Waals surface area contributed by atoms with Gasteiger partial charge in [0, 0.05) is 35.6 Å². The largest absolute Gasteiger partial charge is 0.492 e. The Hall–Kier alpha value is -4.07. The zero-order chi connectivity index (χ0) is 33.0. The van der Waals surface area contributed by atoms with Crippen molar-refractivity contribution < 1.29 is 51.7 Å². The third-order valence-corrected chi connectivity index (χ3v) is 5.42. The number of carboxylic acid groups (broad SMARTS) is 1. The Morgan fingerprint density at radius 3 is 2.09 bits per heavy atom. The number of methoxy groups -OCH3 is 1. The number of ether oxygens (including phenoxy) is 3. The lowest BCUT2D eigenvalue weighted by Gasteiger charge is -2.27. The molecule has 0 aliphatic heterocycles. The fraction of sp³-hybridized carbons (Fsp3) is 0.464. The van der Waals surface area contributed by atoms with Gasteiger partial charge in [0.2, 0.25) is 0 Å². The minimum absolute atomic E-state index is 0.0832. The highest BCUT2D eigenvalue weighted by atomic mass is 35.5. The predicted molar refractivity (Wildman–Crippen MR) is 151 cm³/mol. The number of pyridine rings is 1. The molecule has 0 unspecified atom stereocenters. The van der Waals surface area contributed by atoms with Gasteiger partial charge < -0.3 is 24.2 Å². The van der Waals surface area contributed by atoms with Crippen molar-refractivity contribution in [3.63, 3.8) is 0 Å². The second-order valence-electron chi connectivity index (χ2n) is 10.1. The van der Waals surface area contributed by atoms with Crippen LogP contribution >= 0.6 is 11.6 Å². The van der Waals surface area contributed by atoms with Crippen molar-refractivity contribution in [2.75, 3.05) is 31.7 Å². The number of rotatable bonds is 10. The van der Waals surface area contributed by atoms with Crippen LogP contribution in [0.15, 0.2) is 42.7 Å². The second kappa shape index (κ2) is 16.5. The zero-order valence-corrected chi connectivity index (χ0v) is 25.4. The molecular formula is C28H35ClF3N3O8. The molecule has 43 heavy (non-hydrogen) atoms. The highest BCUT2D eigenvalue weighted by molar-refractivity contribution is 6.31. The third kappa shape index (κ3) is 13.6. The van der Waals surface area contributed by atoms with Crippen molar-refractivity contribution in [3.8, 4) is 5.75 Å². The first-order valence-corrected chi connectivity index (χ1v) is 13.2. The van der Waals surface area contributed by atoms with E-state index < -0.39 is 29.8 Å². The number of amides is 2. The number of nitrogens with zero attached hydrogens (tertiary/aromatic N) is 3. The highest BCUT2D eigenvalue weighted by Crippen LogP contribution is 2.24. The summed E-state index contributed by atoms with van der Waals surface area (Å²) < 4.78 is 47.8. The molecule has 15 heteroatoms. The Kier molecular flexibility index (Phi) is 14.2. The summed E-state index contributed by atoms with van der Waals surface area (Å²) in [6.07, 6.45) is -2.34. The molecule has 1 aromatic heterocycles. The van der Waals surface area contributed by atoms with Gasteiger partial charge >= 0.3 is 24.2 Å². The maximum Gasteiger partial charge on any atom is 0.490 e. The SMILES string of the molecule is COC(=O)CCN(C(=O)c1cc(Cl)cc(OCCN(C(=O)OC(C)(C)C)c2ccncc2)c1)C(C)C.O=C(O)C(F)(F)F. The van der Waals surface area contributed by atoms with E-state index in [4.69, 9.17) is 31.0 Å². The number of aromatic nitrogens is 1. The van der Waals surface area contributed by atoms with Gasteiger partial charge in [-0.05, 0) is 65.0 Å². The summed E-state index contributed by atoms with van der Waals surface area (Å²) in [6.45, 7) is 9.62. The number of carbonyl (C=O) groups excluding carboxylic acids is 3. The van der Waals surface area contributed by atoms with Crippen LogP contribution < -0.4 is 9.64 Å². The number of benzene rings is 1. The van der Waals surface area contributed by atoms with Crippen LogP contribution in [0, 0.1) is 0 Å². The molecule has 0 saturated heterocycles. The van der Waals surface area contributed by atoms with Crippen LogP contribution in [0.3, 0.4) is 0 Å². The number of carbonyl (C=O) groups is 4. The van der Waals surface area contributed by atoms with Crippen LogP contribution in [-0.4, -0.2) is 83.6 Å². The lowest BCUT2D eigenvalue weighted by molar-refractivity contribution is -0.192. The Balaban J connectivity index is 0.00000117. The predicted octanol–water partition coefficient (Wildman–Crippen LogP) is 5.60. The van der Waals surface area contributed by atoms with Crippen LogP contribution in [0.1, 0.15) is 51.4 Å². The fourth-order valence-electron chi connectivity index (χ4n) is 3.26. The molecule has 0 radical (unpaired) electrons. The first-order valence-electron chi connectivity index (χ1n) is 12.9. The maximum atomic E-state index is 13.2. The molecule has 0 aliphatic rings. The van der Waals surface area contributed by atoms with Crippen molar-refractivity contribution in [2.45, 2.75) is 58.9 Å². The van der Waals surface area contributed by atoms with Crippen LogP contribution in [-0.2, 0) is 19.1 Å². The molecule has 0 atom stereocenters. The molecule has 0 fully saturated rings. The van der Waals surface area contributed by atoms with E-state index >= 15 is 0 Å². The molecule has 0 bridgehead atoms. The summed E-state index contributed by atoms with van der Waals surface area (Å²) in [6, 6.07) is 7.99. The van der Waals surface area contributed by atoms with Gasteiger partial charge in [-0.2, -0.15) is 13.2 Å². The van der Waals surface area contributed by atoms with E-state index in [0.717, 1.165) is 0 Å². The molecule has 1 heterocycles. The summed E-state index contributed by atoms with van der Waals surface area (Å²) >= 11 is 6.27. The van der Waals surface area contributed by atoms with Crippen molar-refractivity contribution >= 4 is 41.2 Å². The van der Waals surface area contributed by atoms with Gasteiger partial charge in [-0.15, -0.1) is 0 Å². The number of hydrogen-bond donors (Lipinski definition) is 1. The molecular weight excluding hydrogens is 599 g/mol. The third-order valence-electron chi connectivity index (χ3n) is 5.20. The van der Waals surface area contributed by atoms with E-state index in [2.05, 4.69) is 9.72 Å². The smallest absolute Gasteiger partial charge is 0.490 e. The standard InChI is InChI=1S/C26H34ClN3O6.C2HF3O2/c1-18(2)29(12-9-23(31)34-6)24(32)19-15-20(27)17-22(16-19)35-14-13-30(21-7-10-28-11-8-21)25(33)36-26(3,4)5;3-2(4,5)1(6)7/h7-8,10-11,15-18H,9,12-14H2,1-6H3;(H,6,7). The van der Waals surface area contributed by atoms with Gasteiger partial charge in [-0.3, -0.25) is 19.5 Å². The maximum absolute atomic E-state index is 13.2. The van der Waals surface area contributed by atoms with Gasteiger partial charge in [-0.25, -0.2) is 9.59 Å². The molecule has 1 N–H and O–H groups in total. The molecule has 2 rings (SSSR count). The van der Waals surface area contributed by atoms with E-state index in [1.54, 1.807) is 68.4 Å². The van der Waals surface area contributed by atoms with Crippen LogP contribution in [0.2, 0.25) is 5.02 Å². The molecule has 1 aromatic carbocycles. The summed E-state index contributed by atoms with van der Waals surface area (Å²) in [5.74, 6) is -3.06. The lowest BCUT2D eigenvalue weighted by Crippen LogP contribution is -2.39. The van der Waals surface area contributed by atoms with Crippen LogP contribution in [0.5, 0.6) is 5.75 Å². The Morgan fingerprint density at radius 2 is 1.60 bits per heavy atom. The number of alkyl halides is 3. The van der Waals surface area contributed by atoms with E-state index in [1.807, 2.05) is 13.8 Å². The van der Waals surface area contributed by atoms with Gasteiger partial charge in [0.25, 0.3) is 5.91 Å². The Bertz CT molecular complexity index is 1240. The number of aliphatic carboxylic acids is 1. The van der Waals surface area contributed by atoms with Gasteiger partial charge in [0.15, 0.2) is 0 Å². The first-order chi connectivity index (χ1) is 19.9. The van der Waals surface area contributed by atoms with Gasteiger partial charge in [0.1, 0.15) is 18.0 Å². The average Bonchev–Trinajstić information content (AvgIpc) is 2.89. The summed E-state index contributed by atoms with van der Waals surface area (Å²) in [5.41, 5.74) is 0.277. The van der Waals surface area contributed by atoms with E-state index in [0.29, 0.717) is 22.0 Å². The van der Waals surface area contributed by atoms with Crippen molar-refractivity contribution in [2.24, 2.45) is 0 Å². The molecule has 2 aromatic rings. The van der Waals surface area contributed by atoms with Crippen molar-refractivity contribution in [1.82, 2.24) is 9.88 Å². The van der Waals surface area contributed by atoms with E-state index in [9.17, 15) is 27.6 Å². The van der Waals surface area contributed by atoms with Crippen LogP contribution in [0.4, 0.5) is 23.7 Å². The topological polar surface area (TPSA) is 136 Å². The average molecular weight is 634 g/mol. The van der Waals surface area contributed by atoms with Gasteiger partial charge in [0.05, 0.1) is 25.8 Å². The fourth-order valence-corrected chi connectivity index (χ4v) is 3.49. The quantitative estimate of drug-likeness (QED) is 0.332. The molecule has 0 saturated carbocycles. The van der Waals surface area contributed by atoms with E-state index in [-0.39, 0.29) is 38.1 Å². The number of hydrogen-bond acceptors (Lipinski definition) is 8. The minimum Gasteiger partial charge on any atom is -0.492 e. The summed E-state index contributed by atoms with van der Waals surface area (Å²) in [4.78, 5) is 53.4. The Labute approximate surface area is 252 Å². The minimum atomic E-state index is -5.08. The monoisotopic (exact) mass is 633 g/mol. The van der Waals surface area contributed by atoms with E-state index in [1.165, 1.54) is 12.0 Å². The number of anilines is 1. The second-order valence-corrected chi connectivity index (χ2v) is 10.5. The van der Waals surface area contributed by atoms with Crippen molar-refractivity contribution in [3.05, 3.63) is 53.3 Å². The number of halogens is 4. The van der Waals surface area contributed by atoms with Crippen LogP contribution in [0.25, 0.3) is 0 Å². The molecule has 2 amide bonds. The molecule has 0 aliphatic carbocycles. The summed E-state index contributed by atoms with van der Waals surface area (Å²) in [5, 5.41) is 7.45. The number of carboxylic acids is 1. The molecule has 238 valence electrons. The highest BCUT2D eigenvalue weighted by Gasteiger charge is 2.38. The van der Waals surface area contributed by atoms with Crippen molar-refractivity contribution in [1.29, 1.82) is 0 Å². The molecule has 0 spiro atoms. The van der Waals surface area contributed by atoms with Gasteiger partial charge in [-0.1, -0.05) is 11.6 Å². The summed E-state index contributed by atoms with van der Waals surface area (Å²) in [7, 11) is 1.31. The first kappa shape index (κ1) is 37.0. The lowest BCUT2D eigenvalue weighted by atomic mass is 10.1. The normalized spacial score (nSPS) is 11.1. The molecule has 11 nitrogen and oxygen atoms in total. The number of esters is 1. The zero-order valence-electron chi connectivity index (χ0n) is 24.6. The Morgan fingerprint density at radius 1 is 1.02 bits per heavy atom.